The standard InChI is InChI=1S/C15H14ClNO2/c16-8-10-7-15(19)17(9-10)13-5-1-4-12-11(13)3-2-6-14(12)18/h1-6,10,18H,7-9H2. The van der Waals surface area contributed by atoms with Crippen molar-refractivity contribution < 1.29 is 9.90 Å². The summed E-state index contributed by atoms with van der Waals surface area (Å²) in [5.74, 6) is 1.04. The van der Waals surface area contributed by atoms with Gasteiger partial charge in [0.15, 0.2) is 0 Å². The quantitative estimate of drug-likeness (QED) is 0.856. The van der Waals surface area contributed by atoms with Gasteiger partial charge in [0.2, 0.25) is 5.91 Å². The molecule has 1 atom stereocenters. The monoisotopic (exact) mass is 275 g/mol. The number of hydrogen-bond donors (Lipinski definition) is 1. The molecule has 0 aliphatic carbocycles. The predicted molar refractivity (Wildman–Crippen MR) is 76.8 cm³/mol. The Hall–Kier alpha value is -1.74. The van der Waals surface area contributed by atoms with Gasteiger partial charge >= 0.3 is 0 Å². The summed E-state index contributed by atoms with van der Waals surface area (Å²) >= 11 is 5.85. The number of aromatic hydroxyl groups is 1. The summed E-state index contributed by atoms with van der Waals surface area (Å²) < 4.78 is 0. The van der Waals surface area contributed by atoms with Gasteiger partial charge in [-0.15, -0.1) is 11.6 Å². The van der Waals surface area contributed by atoms with Crippen LogP contribution in [0.5, 0.6) is 5.75 Å². The summed E-state index contributed by atoms with van der Waals surface area (Å²) in [6, 6.07) is 11.0. The second-order valence-electron chi connectivity index (χ2n) is 4.88. The Morgan fingerprint density at radius 1 is 1.21 bits per heavy atom. The van der Waals surface area contributed by atoms with E-state index in [9.17, 15) is 9.90 Å². The van der Waals surface area contributed by atoms with E-state index in [1.54, 1.807) is 17.0 Å². The van der Waals surface area contributed by atoms with Crippen molar-refractivity contribution >= 4 is 34.0 Å². The van der Waals surface area contributed by atoms with Crippen LogP contribution in [0.1, 0.15) is 6.42 Å². The second kappa shape index (κ2) is 4.74. The van der Waals surface area contributed by atoms with Crippen LogP contribution in [0.15, 0.2) is 36.4 Å². The molecule has 3 nitrogen and oxygen atoms in total. The molecule has 1 amide bonds. The van der Waals surface area contributed by atoms with Crippen molar-refractivity contribution in [2.45, 2.75) is 6.42 Å². The average molecular weight is 276 g/mol. The highest BCUT2D eigenvalue weighted by Gasteiger charge is 2.30. The van der Waals surface area contributed by atoms with Gasteiger partial charge in [0, 0.05) is 29.6 Å². The Balaban J connectivity index is 2.11. The van der Waals surface area contributed by atoms with E-state index in [-0.39, 0.29) is 17.6 Å². The van der Waals surface area contributed by atoms with Gasteiger partial charge < -0.3 is 10.0 Å². The maximum Gasteiger partial charge on any atom is 0.227 e. The number of benzene rings is 2. The van der Waals surface area contributed by atoms with Gasteiger partial charge in [0.05, 0.1) is 5.69 Å². The molecule has 19 heavy (non-hydrogen) atoms. The molecule has 98 valence electrons. The van der Waals surface area contributed by atoms with E-state index in [1.807, 2.05) is 24.3 Å². The van der Waals surface area contributed by atoms with E-state index in [2.05, 4.69) is 0 Å². The normalized spacial score (nSPS) is 19.3. The highest BCUT2D eigenvalue weighted by Crippen LogP contribution is 2.35. The number of halogens is 1. The smallest absolute Gasteiger partial charge is 0.227 e. The first-order valence-corrected chi connectivity index (χ1v) is 6.81. The molecule has 1 aliphatic rings. The minimum Gasteiger partial charge on any atom is -0.507 e. The summed E-state index contributed by atoms with van der Waals surface area (Å²) in [4.78, 5) is 13.9. The zero-order valence-corrected chi connectivity index (χ0v) is 11.1. The molecular weight excluding hydrogens is 262 g/mol. The molecule has 1 saturated heterocycles. The van der Waals surface area contributed by atoms with Gasteiger partial charge in [-0.1, -0.05) is 24.3 Å². The van der Waals surface area contributed by atoms with Crippen molar-refractivity contribution in [3.8, 4) is 5.75 Å². The van der Waals surface area contributed by atoms with Crippen molar-refractivity contribution in [2.24, 2.45) is 5.92 Å². The van der Waals surface area contributed by atoms with Crippen molar-refractivity contribution in [3.05, 3.63) is 36.4 Å². The Morgan fingerprint density at radius 3 is 2.68 bits per heavy atom. The topological polar surface area (TPSA) is 40.5 Å². The van der Waals surface area contributed by atoms with Crippen molar-refractivity contribution in [1.29, 1.82) is 0 Å². The van der Waals surface area contributed by atoms with Crippen molar-refractivity contribution in [3.63, 3.8) is 0 Å². The first kappa shape index (κ1) is 12.3. The lowest BCUT2D eigenvalue weighted by Gasteiger charge is -2.19. The number of amides is 1. The molecule has 2 aromatic carbocycles. The summed E-state index contributed by atoms with van der Waals surface area (Å²) in [6.45, 7) is 0.650. The number of fused-ring (bicyclic) bond motifs is 1. The molecule has 0 spiro atoms. The lowest BCUT2D eigenvalue weighted by molar-refractivity contribution is -0.117. The fourth-order valence-corrected chi connectivity index (χ4v) is 2.84. The van der Waals surface area contributed by atoms with Crippen LogP contribution in [0, 0.1) is 5.92 Å². The maximum atomic E-state index is 12.1. The van der Waals surface area contributed by atoms with Gasteiger partial charge in [-0.25, -0.2) is 0 Å². The Labute approximate surface area is 116 Å². The molecule has 0 saturated carbocycles. The second-order valence-corrected chi connectivity index (χ2v) is 5.19. The molecule has 1 heterocycles. The van der Waals surface area contributed by atoms with E-state index in [0.29, 0.717) is 18.8 Å². The number of alkyl halides is 1. The molecule has 3 rings (SSSR count). The van der Waals surface area contributed by atoms with Gasteiger partial charge in [0.1, 0.15) is 5.75 Å². The number of phenols is 1. The number of anilines is 1. The number of nitrogens with zero attached hydrogens (tertiary/aromatic N) is 1. The molecule has 0 radical (unpaired) electrons. The van der Waals surface area contributed by atoms with Crippen LogP contribution >= 0.6 is 11.6 Å². The number of phenolic OH excluding ortho intramolecular Hbond substituents is 1. The zero-order valence-electron chi connectivity index (χ0n) is 10.3. The highest BCUT2D eigenvalue weighted by atomic mass is 35.5. The largest absolute Gasteiger partial charge is 0.507 e. The number of rotatable bonds is 2. The number of carbonyl (C=O) groups is 1. The molecule has 1 N–H and O–H groups in total. The van der Waals surface area contributed by atoms with E-state index in [0.717, 1.165) is 16.5 Å². The lowest BCUT2D eigenvalue weighted by atomic mass is 10.1. The van der Waals surface area contributed by atoms with Crippen LogP contribution < -0.4 is 4.90 Å². The minimum absolute atomic E-state index is 0.0986. The molecule has 1 unspecified atom stereocenters. The molecule has 1 aliphatic heterocycles. The third kappa shape index (κ3) is 2.04. The Kier molecular flexibility index (Phi) is 3.07. The summed E-state index contributed by atoms with van der Waals surface area (Å²) in [6.07, 6.45) is 0.499. The Morgan fingerprint density at radius 2 is 1.95 bits per heavy atom. The van der Waals surface area contributed by atoms with Gasteiger partial charge in [-0.2, -0.15) is 0 Å². The third-order valence-electron chi connectivity index (χ3n) is 3.59. The van der Waals surface area contributed by atoms with Gasteiger partial charge in [-0.05, 0) is 18.1 Å². The van der Waals surface area contributed by atoms with Crippen LogP contribution in [0.2, 0.25) is 0 Å². The lowest BCUT2D eigenvalue weighted by Crippen LogP contribution is -2.24. The minimum atomic E-state index is 0.0986. The van der Waals surface area contributed by atoms with Crippen LogP contribution in [-0.4, -0.2) is 23.4 Å². The summed E-state index contributed by atoms with van der Waals surface area (Å²) in [7, 11) is 0. The highest BCUT2D eigenvalue weighted by molar-refractivity contribution is 6.18. The van der Waals surface area contributed by atoms with Gasteiger partial charge in [0.25, 0.3) is 0 Å². The van der Waals surface area contributed by atoms with Crippen molar-refractivity contribution in [2.75, 3.05) is 17.3 Å². The summed E-state index contributed by atoms with van der Waals surface area (Å²) in [5.41, 5.74) is 0.853. The Bertz CT molecular complexity index is 641. The third-order valence-corrected chi connectivity index (χ3v) is 4.03. The first-order chi connectivity index (χ1) is 9.20. The molecule has 2 aromatic rings. The number of hydrogen-bond acceptors (Lipinski definition) is 2. The van der Waals surface area contributed by atoms with E-state index < -0.39 is 0 Å². The van der Waals surface area contributed by atoms with Crippen LogP contribution in [0.4, 0.5) is 5.69 Å². The fraction of sp³-hybridized carbons (Fsp3) is 0.267. The molecule has 1 fully saturated rings. The summed E-state index contributed by atoms with van der Waals surface area (Å²) in [5, 5.41) is 11.5. The van der Waals surface area contributed by atoms with Crippen LogP contribution in [-0.2, 0) is 4.79 Å². The maximum absolute atomic E-state index is 12.1. The van der Waals surface area contributed by atoms with E-state index >= 15 is 0 Å². The van der Waals surface area contributed by atoms with Crippen LogP contribution in [0.25, 0.3) is 10.8 Å². The predicted octanol–water partition coefficient (Wildman–Crippen LogP) is 3.14. The number of carbonyl (C=O) groups excluding carboxylic acids is 1. The molecule has 4 heteroatoms. The van der Waals surface area contributed by atoms with E-state index in [1.165, 1.54) is 0 Å². The zero-order chi connectivity index (χ0) is 13.4. The van der Waals surface area contributed by atoms with Crippen LogP contribution in [0.3, 0.4) is 0 Å². The fourth-order valence-electron chi connectivity index (χ4n) is 2.63. The molecular formula is C15H14ClNO2. The first-order valence-electron chi connectivity index (χ1n) is 6.27. The SMILES string of the molecule is O=C1CC(CCl)CN1c1cccc2c(O)cccc12. The molecule has 0 bridgehead atoms. The van der Waals surface area contributed by atoms with Gasteiger partial charge in [-0.3, -0.25) is 4.79 Å². The van der Waals surface area contributed by atoms with E-state index in [4.69, 9.17) is 11.6 Å². The molecule has 0 aromatic heterocycles. The average Bonchev–Trinajstić information content (AvgIpc) is 2.80. The van der Waals surface area contributed by atoms with Crippen molar-refractivity contribution in [1.82, 2.24) is 0 Å².